The van der Waals surface area contributed by atoms with Gasteiger partial charge in [0.25, 0.3) is 5.91 Å². The summed E-state index contributed by atoms with van der Waals surface area (Å²) in [6, 6.07) is 5.73. The molecular weight excluding hydrogens is 274 g/mol. The average molecular weight is 296 g/mol. The molecule has 0 saturated heterocycles. The number of rotatable bonds is 4. The first kappa shape index (κ1) is 15.2. The van der Waals surface area contributed by atoms with Crippen LogP contribution in [-0.4, -0.2) is 18.1 Å². The molecule has 1 atom stereocenters. The second-order valence-electron chi connectivity index (χ2n) is 5.51. The Labute approximate surface area is 125 Å². The van der Waals surface area contributed by atoms with Crippen molar-refractivity contribution in [1.82, 2.24) is 5.32 Å². The molecule has 1 aromatic carbocycles. The number of carbonyl (C=O) groups is 1. The third-order valence-corrected chi connectivity index (χ3v) is 4.00. The van der Waals surface area contributed by atoms with Crippen LogP contribution < -0.4 is 10.1 Å². The van der Waals surface area contributed by atoms with Crippen LogP contribution in [0, 0.1) is 6.92 Å². The van der Waals surface area contributed by atoms with E-state index in [0.717, 1.165) is 18.4 Å². The number of amides is 1. The molecule has 1 aliphatic rings. The van der Waals surface area contributed by atoms with Crippen molar-refractivity contribution in [3.63, 3.8) is 0 Å². The lowest BCUT2D eigenvalue weighted by molar-refractivity contribution is -0.128. The third kappa shape index (κ3) is 4.14. The van der Waals surface area contributed by atoms with Gasteiger partial charge in [-0.2, -0.15) is 0 Å². The SMILES string of the molecule is Cc1cc(Cl)ccc1OC(C)C(=O)NC1CCCCC1. The number of halogens is 1. The zero-order valence-electron chi connectivity index (χ0n) is 12.1. The Kier molecular flexibility index (Phi) is 5.30. The minimum Gasteiger partial charge on any atom is -0.481 e. The van der Waals surface area contributed by atoms with E-state index < -0.39 is 6.10 Å². The zero-order chi connectivity index (χ0) is 14.5. The normalized spacial score (nSPS) is 17.6. The summed E-state index contributed by atoms with van der Waals surface area (Å²) in [6.45, 7) is 3.71. The Bertz CT molecular complexity index is 470. The van der Waals surface area contributed by atoms with Crippen LogP contribution in [0.1, 0.15) is 44.6 Å². The van der Waals surface area contributed by atoms with Crippen molar-refractivity contribution >= 4 is 17.5 Å². The summed E-state index contributed by atoms with van der Waals surface area (Å²) in [5.41, 5.74) is 0.940. The third-order valence-electron chi connectivity index (χ3n) is 3.76. The molecule has 2 rings (SSSR count). The maximum absolute atomic E-state index is 12.1. The van der Waals surface area contributed by atoms with Crippen LogP contribution in [0.3, 0.4) is 0 Å². The fourth-order valence-electron chi connectivity index (χ4n) is 2.55. The van der Waals surface area contributed by atoms with Gasteiger partial charge in [-0.15, -0.1) is 0 Å². The molecule has 3 nitrogen and oxygen atoms in total. The Morgan fingerprint density at radius 1 is 1.35 bits per heavy atom. The standard InChI is InChI=1S/C16H22ClNO2/c1-11-10-13(17)8-9-15(11)20-12(2)16(19)18-14-6-4-3-5-7-14/h8-10,12,14H,3-7H2,1-2H3,(H,18,19). The van der Waals surface area contributed by atoms with Gasteiger partial charge in [-0.25, -0.2) is 0 Å². The van der Waals surface area contributed by atoms with Gasteiger partial charge in [0.15, 0.2) is 6.10 Å². The molecule has 1 N–H and O–H groups in total. The first-order valence-corrected chi connectivity index (χ1v) is 7.67. The highest BCUT2D eigenvalue weighted by atomic mass is 35.5. The Morgan fingerprint density at radius 2 is 2.05 bits per heavy atom. The van der Waals surface area contributed by atoms with E-state index in [1.54, 1.807) is 13.0 Å². The van der Waals surface area contributed by atoms with Crippen LogP contribution >= 0.6 is 11.6 Å². The van der Waals surface area contributed by atoms with Crippen molar-refractivity contribution in [1.29, 1.82) is 0 Å². The molecule has 1 aromatic rings. The lowest BCUT2D eigenvalue weighted by atomic mass is 9.95. The fraction of sp³-hybridized carbons (Fsp3) is 0.562. The van der Waals surface area contributed by atoms with Gasteiger partial charge in [0.05, 0.1) is 0 Å². The first-order chi connectivity index (χ1) is 9.56. The molecular formula is C16H22ClNO2. The second kappa shape index (κ2) is 6.98. The smallest absolute Gasteiger partial charge is 0.260 e. The minimum atomic E-state index is -0.489. The predicted molar refractivity (Wildman–Crippen MR) is 81.3 cm³/mol. The number of hydrogen-bond acceptors (Lipinski definition) is 2. The molecule has 0 aromatic heterocycles. The molecule has 0 bridgehead atoms. The van der Waals surface area contributed by atoms with Gasteiger partial charge in [0, 0.05) is 11.1 Å². The summed E-state index contributed by atoms with van der Waals surface area (Å²) >= 11 is 5.91. The van der Waals surface area contributed by atoms with Gasteiger partial charge >= 0.3 is 0 Å². The maximum Gasteiger partial charge on any atom is 0.260 e. The zero-order valence-corrected chi connectivity index (χ0v) is 12.9. The molecule has 1 aliphatic carbocycles. The predicted octanol–water partition coefficient (Wildman–Crippen LogP) is 3.86. The summed E-state index contributed by atoms with van der Waals surface area (Å²) in [5.74, 6) is 0.673. The van der Waals surface area contributed by atoms with E-state index in [9.17, 15) is 4.79 Å². The van der Waals surface area contributed by atoms with E-state index in [-0.39, 0.29) is 5.91 Å². The molecule has 1 saturated carbocycles. The first-order valence-electron chi connectivity index (χ1n) is 7.29. The monoisotopic (exact) mass is 295 g/mol. The van der Waals surface area contributed by atoms with Crippen molar-refractivity contribution in [3.8, 4) is 5.75 Å². The van der Waals surface area contributed by atoms with Crippen LogP contribution in [0.2, 0.25) is 5.02 Å². The van der Waals surface area contributed by atoms with Crippen LogP contribution in [0.15, 0.2) is 18.2 Å². The molecule has 1 fully saturated rings. The number of carbonyl (C=O) groups excluding carboxylic acids is 1. The summed E-state index contributed by atoms with van der Waals surface area (Å²) < 4.78 is 5.73. The van der Waals surface area contributed by atoms with Gasteiger partial charge in [-0.05, 0) is 50.5 Å². The van der Waals surface area contributed by atoms with Gasteiger partial charge < -0.3 is 10.1 Å². The summed E-state index contributed by atoms with van der Waals surface area (Å²) in [6.07, 6.45) is 5.36. The van der Waals surface area contributed by atoms with Gasteiger partial charge in [-0.3, -0.25) is 4.79 Å². The number of aryl methyl sites for hydroxylation is 1. The number of ether oxygens (including phenoxy) is 1. The highest BCUT2D eigenvalue weighted by Gasteiger charge is 2.21. The summed E-state index contributed by atoms with van der Waals surface area (Å²) in [5, 5.41) is 3.75. The van der Waals surface area contributed by atoms with E-state index in [0.29, 0.717) is 16.8 Å². The lowest BCUT2D eigenvalue weighted by Gasteiger charge is -2.25. The minimum absolute atomic E-state index is 0.0359. The number of benzene rings is 1. The summed E-state index contributed by atoms with van der Waals surface area (Å²) in [7, 11) is 0. The number of hydrogen-bond donors (Lipinski definition) is 1. The molecule has 20 heavy (non-hydrogen) atoms. The van der Waals surface area contributed by atoms with Crippen molar-refractivity contribution in [2.75, 3.05) is 0 Å². The topological polar surface area (TPSA) is 38.3 Å². The van der Waals surface area contributed by atoms with Crippen LogP contribution in [0.4, 0.5) is 0 Å². The van der Waals surface area contributed by atoms with Crippen molar-refractivity contribution in [2.45, 2.75) is 58.1 Å². The van der Waals surface area contributed by atoms with Crippen molar-refractivity contribution in [3.05, 3.63) is 28.8 Å². The van der Waals surface area contributed by atoms with E-state index in [1.165, 1.54) is 19.3 Å². The van der Waals surface area contributed by atoms with Gasteiger partial charge in [0.2, 0.25) is 0 Å². The second-order valence-corrected chi connectivity index (χ2v) is 5.95. The Morgan fingerprint density at radius 3 is 2.70 bits per heavy atom. The highest BCUT2D eigenvalue weighted by molar-refractivity contribution is 6.30. The maximum atomic E-state index is 12.1. The molecule has 1 amide bonds. The van der Waals surface area contributed by atoms with Crippen molar-refractivity contribution < 1.29 is 9.53 Å². The lowest BCUT2D eigenvalue weighted by Crippen LogP contribution is -2.43. The molecule has 0 heterocycles. The molecule has 4 heteroatoms. The van der Waals surface area contributed by atoms with Gasteiger partial charge in [-0.1, -0.05) is 30.9 Å². The summed E-state index contributed by atoms with van der Waals surface area (Å²) in [4.78, 5) is 12.1. The quantitative estimate of drug-likeness (QED) is 0.916. The van der Waals surface area contributed by atoms with Crippen LogP contribution in [0.5, 0.6) is 5.75 Å². The van der Waals surface area contributed by atoms with E-state index in [1.807, 2.05) is 19.1 Å². The van der Waals surface area contributed by atoms with E-state index >= 15 is 0 Å². The molecule has 0 aliphatic heterocycles. The van der Waals surface area contributed by atoms with E-state index in [4.69, 9.17) is 16.3 Å². The fourth-order valence-corrected chi connectivity index (χ4v) is 2.78. The molecule has 0 radical (unpaired) electrons. The average Bonchev–Trinajstić information content (AvgIpc) is 2.43. The Hall–Kier alpha value is -1.22. The number of nitrogens with one attached hydrogen (secondary N) is 1. The van der Waals surface area contributed by atoms with Gasteiger partial charge in [0.1, 0.15) is 5.75 Å². The molecule has 1 unspecified atom stereocenters. The largest absolute Gasteiger partial charge is 0.481 e. The van der Waals surface area contributed by atoms with Crippen molar-refractivity contribution in [2.24, 2.45) is 0 Å². The molecule has 110 valence electrons. The molecule has 0 spiro atoms. The van der Waals surface area contributed by atoms with E-state index in [2.05, 4.69) is 5.32 Å². The van der Waals surface area contributed by atoms with Crippen LogP contribution in [0.25, 0.3) is 0 Å². The highest BCUT2D eigenvalue weighted by Crippen LogP contribution is 2.23. The Balaban J connectivity index is 1.89. The van der Waals surface area contributed by atoms with Crippen LogP contribution in [-0.2, 0) is 4.79 Å².